The van der Waals surface area contributed by atoms with Gasteiger partial charge in [0.1, 0.15) is 42.0 Å². The molecule has 6 rings (SSSR count). The van der Waals surface area contributed by atoms with Crippen molar-refractivity contribution >= 4 is 23.3 Å². The fraction of sp³-hybridized carbons (Fsp3) is 0.719. The third-order valence-corrected chi connectivity index (χ3v) is 15.9. The van der Waals surface area contributed by atoms with Crippen LogP contribution in [0.2, 0.25) is 0 Å². The Labute approximate surface area is 475 Å². The molecule has 0 amide bonds. The van der Waals surface area contributed by atoms with Gasteiger partial charge in [0, 0.05) is 94.7 Å². The van der Waals surface area contributed by atoms with Gasteiger partial charge >= 0.3 is 5.97 Å². The van der Waals surface area contributed by atoms with Crippen LogP contribution in [-0.4, -0.2) is 202 Å². The highest BCUT2D eigenvalue weighted by Gasteiger charge is 2.49. The van der Waals surface area contributed by atoms with Crippen LogP contribution in [0.5, 0.6) is 5.75 Å². The van der Waals surface area contributed by atoms with Gasteiger partial charge in [-0.2, -0.15) is 0 Å². The maximum absolute atomic E-state index is 14.2. The number of allylic oxidation sites excluding steroid dienone is 3. The number of hydrogen-bond acceptors (Lipinski definition) is 22. The van der Waals surface area contributed by atoms with E-state index < -0.39 is 122 Å². The van der Waals surface area contributed by atoms with Crippen molar-refractivity contribution in [2.45, 2.75) is 186 Å². The topological polar surface area (TPSA) is 267 Å². The van der Waals surface area contributed by atoms with Gasteiger partial charge in [0.25, 0.3) is 0 Å². The number of likely N-dealkylation sites (N-methyl/N-ethyl adjacent to an activating group) is 1. The van der Waals surface area contributed by atoms with E-state index in [-0.39, 0.29) is 25.2 Å². The molecular weight excluding hydrogens is 1060 g/mol. The molecule has 3 aliphatic heterocycles. The Morgan fingerprint density at radius 2 is 1.57 bits per heavy atom. The molecule has 1 aromatic carbocycles. The quantitative estimate of drug-likeness (QED) is 0.0525. The summed E-state index contributed by atoms with van der Waals surface area (Å²) in [6, 6.07) is 6.85. The van der Waals surface area contributed by atoms with Gasteiger partial charge in [0.2, 0.25) is 0 Å². The third-order valence-electron chi connectivity index (χ3n) is 15.4. The molecule has 5 heterocycles. The molecule has 4 N–H and O–H groups in total. The van der Waals surface area contributed by atoms with E-state index in [4.69, 9.17) is 47.4 Å². The number of aliphatic hydroxyl groups excluding tert-OH is 4. The van der Waals surface area contributed by atoms with E-state index in [1.54, 1.807) is 38.6 Å². The lowest BCUT2D eigenvalue weighted by Gasteiger charge is -2.47. The molecule has 23 heteroatoms. The van der Waals surface area contributed by atoms with E-state index >= 15 is 0 Å². The van der Waals surface area contributed by atoms with Crippen LogP contribution >= 0.6 is 11.5 Å². The summed E-state index contributed by atoms with van der Waals surface area (Å²) in [4.78, 5) is 30.1. The second-order valence-electron chi connectivity index (χ2n) is 21.3. The molecule has 0 radical (unpaired) electrons. The molecule has 22 nitrogen and oxygen atoms in total. The van der Waals surface area contributed by atoms with Gasteiger partial charge in [-0.3, -0.25) is 19.2 Å². The molecule has 80 heavy (non-hydrogen) atoms. The lowest BCUT2D eigenvalue weighted by molar-refractivity contribution is -0.307. The van der Waals surface area contributed by atoms with Crippen LogP contribution in [0, 0.1) is 23.7 Å². The van der Waals surface area contributed by atoms with Crippen LogP contribution in [0.3, 0.4) is 0 Å². The lowest BCUT2D eigenvalue weighted by atomic mass is 9.79. The Kier molecular flexibility index (Phi) is 26.0. The second kappa shape index (κ2) is 32.0. The van der Waals surface area contributed by atoms with Crippen LogP contribution in [-0.2, 0) is 65.2 Å². The minimum absolute atomic E-state index is 0.000993. The summed E-state index contributed by atoms with van der Waals surface area (Å²) in [5.41, 5.74) is 3.22. The van der Waals surface area contributed by atoms with Crippen molar-refractivity contribution in [2.75, 3.05) is 54.2 Å². The number of aromatic nitrogens is 5. The molecule has 448 valence electrons. The molecule has 3 aliphatic rings. The fourth-order valence-corrected chi connectivity index (χ4v) is 11.2. The third kappa shape index (κ3) is 17.9. The van der Waals surface area contributed by atoms with Crippen molar-refractivity contribution in [1.29, 1.82) is 0 Å². The lowest BCUT2D eigenvalue weighted by Crippen LogP contribution is -2.64. The number of nitrogens with zero attached hydrogens (tertiary/aromatic N) is 6. The normalized spacial score (nSPS) is 33.4. The fourth-order valence-electron chi connectivity index (χ4n) is 10.8. The number of carbonyl (C=O) groups excluding carboxylic acids is 2. The molecule has 2 fully saturated rings. The Morgan fingerprint density at radius 1 is 0.875 bits per heavy atom. The molecule has 9 unspecified atom stereocenters. The highest BCUT2D eigenvalue weighted by Crippen LogP contribution is 2.37. The Bertz CT molecular complexity index is 2360. The summed E-state index contributed by atoms with van der Waals surface area (Å²) in [5.74, 6) is -2.61. The summed E-state index contributed by atoms with van der Waals surface area (Å²) in [5, 5.41) is 61.5. The predicted molar refractivity (Wildman–Crippen MR) is 295 cm³/mol. The number of ether oxygens (including phenoxy) is 10. The number of hydrogen-bond donors (Lipinski definition) is 4. The number of aryl methyl sites for hydroxylation is 1. The number of benzene rings is 1. The van der Waals surface area contributed by atoms with Gasteiger partial charge in [0.15, 0.2) is 24.7 Å². The number of ketones is 1. The Balaban J connectivity index is 1.17. The number of carbonyl (C=O) groups is 2. The number of methoxy groups -OCH3 is 2. The number of esters is 1. The Hall–Kier alpha value is -4.18. The average molecular weight is 1150 g/mol. The molecule has 2 saturated heterocycles. The summed E-state index contributed by atoms with van der Waals surface area (Å²) in [6.45, 7) is 16.5. The first-order valence-electron chi connectivity index (χ1n) is 28.2. The largest absolute Gasteiger partial charge is 0.494 e. The van der Waals surface area contributed by atoms with E-state index in [9.17, 15) is 30.0 Å². The smallest absolute Gasteiger partial charge is 0.308 e. The molecule has 0 spiro atoms. The number of aliphatic hydroxyl groups is 4. The first kappa shape index (κ1) is 65.0. The van der Waals surface area contributed by atoms with Gasteiger partial charge in [-0.05, 0) is 102 Å². The first-order valence-corrected chi connectivity index (χ1v) is 29.0. The highest BCUT2D eigenvalue weighted by atomic mass is 32.1. The van der Waals surface area contributed by atoms with E-state index in [0.29, 0.717) is 57.7 Å². The number of cyclic esters (lactones) is 1. The van der Waals surface area contributed by atoms with Crippen LogP contribution in [0.25, 0.3) is 11.3 Å². The molecule has 0 aliphatic carbocycles. The van der Waals surface area contributed by atoms with Crippen molar-refractivity contribution in [1.82, 2.24) is 29.5 Å². The standard InChI is InChI=1S/C57H88N6O16S/c1-12-46-40(31-75-57-55(71-11)54(70-10)51(68)37(8)77-57)26-33(4)16-21-44(64)34(5)27-39(28-48(72-13-2)73-14-3)53(35(6)45(65)29-47(66)78-46)79-56-52(69)49(50(67)36(7)76-56)62(9)24-22-41-30-63(60-58-41)23-15-25-74-42-19-17-38(18-20-42)43-32-80-61-59-43/h16-21,26,30,32,34-37,39-40,45-46,48-57,65,67-69H,12-15,22-25,27-29,31H2,1-11H3/b21-16+,33-26+/t34-,35+,36?,37-,39-,40-,45-,46-,49?,50?,51?,52?,53-,54?,55?,56?,57?/m1/s1. The molecule has 0 bridgehead atoms. The number of rotatable bonds is 24. The van der Waals surface area contributed by atoms with Crippen LogP contribution in [0.4, 0.5) is 0 Å². The first-order chi connectivity index (χ1) is 38.4. The van der Waals surface area contributed by atoms with Gasteiger partial charge < -0.3 is 67.8 Å². The van der Waals surface area contributed by atoms with Gasteiger partial charge in [-0.25, -0.2) is 0 Å². The van der Waals surface area contributed by atoms with E-state index in [2.05, 4.69) is 19.9 Å². The van der Waals surface area contributed by atoms with Gasteiger partial charge in [-0.15, -0.1) is 10.2 Å². The van der Waals surface area contributed by atoms with Crippen LogP contribution < -0.4 is 4.74 Å². The maximum atomic E-state index is 14.2. The molecular formula is C57H88N6O16S. The Morgan fingerprint density at radius 3 is 2.24 bits per heavy atom. The highest BCUT2D eigenvalue weighted by molar-refractivity contribution is 7.03. The monoisotopic (exact) mass is 1140 g/mol. The minimum atomic E-state index is -1.40. The van der Waals surface area contributed by atoms with Crippen molar-refractivity contribution in [2.24, 2.45) is 23.7 Å². The zero-order chi connectivity index (χ0) is 58.0. The van der Waals surface area contributed by atoms with E-state index in [1.807, 2.05) is 81.4 Å². The zero-order valence-corrected chi connectivity index (χ0v) is 49.2. The van der Waals surface area contributed by atoms with Crippen molar-refractivity contribution in [3.05, 3.63) is 65.3 Å². The average Bonchev–Trinajstić information content (AvgIpc) is 4.16. The second-order valence-corrected chi connectivity index (χ2v) is 21.9. The zero-order valence-electron chi connectivity index (χ0n) is 48.4. The molecule has 17 atom stereocenters. The maximum Gasteiger partial charge on any atom is 0.308 e. The summed E-state index contributed by atoms with van der Waals surface area (Å²) >= 11 is 1.30. The van der Waals surface area contributed by atoms with Crippen LogP contribution in [0.15, 0.2) is 59.6 Å². The van der Waals surface area contributed by atoms with Gasteiger partial charge in [-0.1, -0.05) is 48.2 Å². The molecule has 0 saturated carbocycles. The molecule has 3 aromatic rings. The van der Waals surface area contributed by atoms with Crippen molar-refractivity contribution in [3.8, 4) is 17.0 Å². The summed E-state index contributed by atoms with van der Waals surface area (Å²) in [6.07, 6.45) is -3.94. The minimum Gasteiger partial charge on any atom is -0.494 e. The van der Waals surface area contributed by atoms with Crippen LogP contribution in [0.1, 0.15) is 93.2 Å². The van der Waals surface area contributed by atoms with E-state index in [1.165, 1.54) is 31.8 Å². The van der Waals surface area contributed by atoms with Crippen molar-refractivity contribution in [3.63, 3.8) is 0 Å². The SMILES string of the molecule is CCOC(C[C@H]1C[C@@H](C)C(=O)/C=C/C(C)=C/[C@H](COC2O[C@H](C)C(O)C(OC)C2OC)[C@@H](CC)OC(=O)C[C@@H](O)[C@H](C)[C@H]1OC1OC(C)C(O)C(N(C)CCc2cn(CCCOc3ccc(-c4csnn4)cc3)nn2)C1O)OCC. The van der Waals surface area contributed by atoms with Gasteiger partial charge in [0.05, 0.1) is 61.9 Å². The summed E-state index contributed by atoms with van der Waals surface area (Å²) in [7, 11) is 4.76. The predicted octanol–water partition coefficient (Wildman–Crippen LogP) is 4.95. The molecule has 2 aromatic heterocycles. The summed E-state index contributed by atoms with van der Waals surface area (Å²) < 4.78 is 66.8. The van der Waals surface area contributed by atoms with Crippen molar-refractivity contribution < 1.29 is 77.4 Å². The van der Waals surface area contributed by atoms with E-state index in [0.717, 1.165) is 22.7 Å².